The van der Waals surface area contributed by atoms with Gasteiger partial charge < -0.3 is 5.11 Å². The maximum absolute atomic E-state index is 9.13. The van der Waals surface area contributed by atoms with Crippen LogP contribution in [0.2, 0.25) is 0 Å². The predicted molar refractivity (Wildman–Crippen MR) is 109 cm³/mol. The lowest BCUT2D eigenvalue weighted by atomic mass is 10.2. The third-order valence-corrected chi connectivity index (χ3v) is 3.35. The Balaban J connectivity index is 3.50. The van der Waals surface area contributed by atoms with E-state index in [-0.39, 0.29) is 6.10 Å². The van der Waals surface area contributed by atoms with Crippen molar-refractivity contribution in [3.63, 3.8) is 0 Å². The standard InChI is InChI=1S/C23H36O/c1-3-4-5-6-7-8-9-10-11-12-13-14-15-16-17-18-19-20-21-22-23(2)24/h4-5,7-8,10-11,13-14,16-17,19-20,23-24H,3,6,9,12,15,18,21-22H2,1-2H3/b5-4-,8-7-,11-10-,14-13-,17-16-,20-19-. The van der Waals surface area contributed by atoms with E-state index >= 15 is 0 Å². The van der Waals surface area contributed by atoms with E-state index in [9.17, 15) is 0 Å². The van der Waals surface area contributed by atoms with E-state index in [4.69, 9.17) is 5.11 Å². The van der Waals surface area contributed by atoms with Crippen LogP contribution < -0.4 is 0 Å². The molecule has 0 fully saturated rings. The Morgan fingerprint density at radius 3 is 1.25 bits per heavy atom. The van der Waals surface area contributed by atoms with Crippen molar-refractivity contribution in [1.82, 2.24) is 0 Å². The molecule has 0 rings (SSSR count). The highest BCUT2D eigenvalue weighted by Crippen LogP contribution is 1.99. The Kier molecular flexibility index (Phi) is 18.2. The zero-order valence-electron chi connectivity index (χ0n) is 15.6. The number of hydrogen-bond acceptors (Lipinski definition) is 1. The molecule has 0 aromatic heterocycles. The fourth-order valence-corrected chi connectivity index (χ4v) is 1.98. The minimum Gasteiger partial charge on any atom is -0.393 e. The lowest BCUT2D eigenvalue weighted by Gasteiger charge is -1.97. The van der Waals surface area contributed by atoms with Crippen molar-refractivity contribution in [2.75, 3.05) is 0 Å². The van der Waals surface area contributed by atoms with Gasteiger partial charge >= 0.3 is 0 Å². The van der Waals surface area contributed by atoms with Crippen LogP contribution in [0.25, 0.3) is 0 Å². The van der Waals surface area contributed by atoms with Crippen molar-refractivity contribution < 1.29 is 5.11 Å². The van der Waals surface area contributed by atoms with Gasteiger partial charge in [-0.3, -0.25) is 0 Å². The molecule has 1 nitrogen and oxygen atoms in total. The average Bonchev–Trinajstić information content (AvgIpc) is 2.56. The molecule has 0 aliphatic heterocycles. The van der Waals surface area contributed by atoms with Crippen LogP contribution in [0.4, 0.5) is 0 Å². The molecular formula is C23H36O. The summed E-state index contributed by atoms with van der Waals surface area (Å²) < 4.78 is 0. The first-order valence-corrected chi connectivity index (χ1v) is 9.35. The van der Waals surface area contributed by atoms with Crippen molar-refractivity contribution in [3.8, 4) is 0 Å². The third kappa shape index (κ3) is 20.4. The van der Waals surface area contributed by atoms with Gasteiger partial charge in [-0.15, -0.1) is 0 Å². The molecule has 0 amide bonds. The molecule has 1 atom stereocenters. The Morgan fingerprint density at radius 1 is 0.583 bits per heavy atom. The van der Waals surface area contributed by atoms with Crippen LogP contribution in [0.1, 0.15) is 65.2 Å². The fraction of sp³-hybridized carbons (Fsp3) is 0.478. The van der Waals surface area contributed by atoms with Crippen molar-refractivity contribution in [2.45, 2.75) is 71.3 Å². The van der Waals surface area contributed by atoms with E-state index in [1.165, 1.54) is 0 Å². The summed E-state index contributed by atoms with van der Waals surface area (Å²) in [4.78, 5) is 0. The van der Waals surface area contributed by atoms with Gasteiger partial charge in [0.25, 0.3) is 0 Å². The van der Waals surface area contributed by atoms with Crippen molar-refractivity contribution in [3.05, 3.63) is 72.9 Å². The number of hydrogen-bond donors (Lipinski definition) is 1. The second kappa shape index (κ2) is 19.4. The van der Waals surface area contributed by atoms with Crippen molar-refractivity contribution in [1.29, 1.82) is 0 Å². The summed E-state index contributed by atoms with van der Waals surface area (Å²) in [7, 11) is 0. The Hall–Kier alpha value is -1.60. The van der Waals surface area contributed by atoms with E-state index in [1.807, 2.05) is 6.92 Å². The fourth-order valence-electron chi connectivity index (χ4n) is 1.98. The quantitative estimate of drug-likeness (QED) is 0.346. The van der Waals surface area contributed by atoms with Gasteiger partial charge in [0.2, 0.25) is 0 Å². The minimum absolute atomic E-state index is 0.191. The van der Waals surface area contributed by atoms with Crippen LogP contribution in [0.3, 0.4) is 0 Å². The minimum atomic E-state index is -0.191. The summed E-state index contributed by atoms with van der Waals surface area (Å²) in [5.74, 6) is 0. The SMILES string of the molecule is CC/C=C\C/C=C\C/C=C\C/C=C\C/C=C\C/C=C\CCC(C)O. The van der Waals surface area contributed by atoms with Gasteiger partial charge in [0.1, 0.15) is 0 Å². The highest BCUT2D eigenvalue weighted by molar-refractivity contribution is 5.01. The first-order valence-electron chi connectivity index (χ1n) is 9.35. The number of aliphatic hydroxyl groups is 1. The molecule has 0 aromatic carbocycles. The largest absolute Gasteiger partial charge is 0.393 e. The lowest BCUT2D eigenvalue weighted by molar-refractivity contribution is 0.186. The molecule has 0 saturated carbocycles. The highest BCUT2D eigenvalue weighted by atomic mass is 16.3. The van der Waals surface area contributed by atoms with E-state index in [0.717, 1.165) is 51.4 Å². The van der Waals surface area contributed by atoms with E-state index in [0.29, 0.717) is 0 Å². The van der Waals surface area contributed by atoms with Crippen molar-refractivity contribution in [2.24, 2.45) is 0 Å². The van der Waals surface area contributed by atoms with E-state index in [1.54, 1.807) is 0 Å². The molecule has 0 bridgehead atoms. The maximum Gasteiger partial charge on any atom is 0.0515 e. The molecule has 0 heterocycles. The van der Waals surface area contributed by atoms with Gasteiger partial charge in [0.05, 0.1) is 6.10 Å². The van der Waals surface area contributed by atoms with Crippen LogP contribution in [-0.2, 0) is 0 Å². The van der Waals surface area contributed by atoms with Gasteiger partial charge in [-0.05, 0) is 58.3 Å². The summed E-state index contributed by atoms with van der Waals surface area (Å²) in [6.07, 6.45) is 34.2. The Labute approximate surface area is 149 Å². The first-order chi connectivity index (χ1) is 11.8. The topological polar surface area (TPSA) is 20.2 Å². The summed E-state index contributed by atoms with van der Waals surface area (Å²) >= 11 is 0. The number of allylic oxidation sites excluding steroid dienone is 12. The van der Waals surface area contributed by atoms with Crippen LogP contribution in [0.15, 0.2) is 72.9 Å². The van der Waals surface area contributed by atoms with Crippen LogP contribution in [0, 0.1) is 0 Å². The molecule has 1 N–H and O–H groups in total. The van der Waals surface area contributed by atoms with Crippen LogP contribution in [0.5, 0.6) is 0 Å². The molecule has 134 valence electrons. The monoisotopic (exact) mass is 328 g/mol. The molecule has 0 radical (unpaired) electrons. The van der Waals surface area contributed by atoms with Gasteiger partial charge in [-0.25, -0.2) is 0 Å². The molecule has 0 aromatic rings. The predicted octanol–water partition coefficient (Wildman–Crippen LogP) is 6.85. The normalized spacial score (nSPS) is 14.6. The first kappa shape index (κ1) is 22.4. The lowest BCUT2D eigenvalue weighted by Crippen LogP contribution is -1.96. The summed E-state index contributed by atoms with van der Waals surface area (Å²) in [5.41, 5.74) is 0. The van der Waals surface area contributed by atoms with E-state index < -0.39 is 0 Å². The van der Waals surface area contributed by atoms with Gasteiger partial charge in [-0.1, -0.05) is 79.8 Å². The Morgan fingerprint density at radius 2 is 0.917 bits per heavy atom. The molecule has 0 aliphatic rings. The zero-order chi connectivity index (χ0) is 17.7. The molecule has 1 heteroatoms. The van der Waals surface area contributed by atoms with Crippen LogP contribution in [-0.4, -0.2) is 11.2 Å². The van der Waals surface area contributed by atoms with Gasteiger partial charge in [-0.2, -0.15) is 0 Å². The summed E-state index contributed by atoms with van der Waals surface area (Å²) in [6, 6.07) is 0. The number of rotatable bonds is 14. The molecule has 24 heavy (non-hydrogen) atoms. The van der Waals surface area contributed by atoms with E-state index in [2.05, 4.69) is 79.8 Å². The second-order valence-electron chi connectivity index (χ2n) is 5.84. The zero-order valence-corrected chi connectivity index (χ0v) is 15.6. The van der Waals surface area contributed by atoms with Crippen LogP contribution >= 0.6 is 0 Å². The molecule has 0 saturated heterocycles. The Bertz CT molecular complexity index is 419. The van der Waals surface area contributed by atoms with Crippen molar-refractivity contribution >= 4 is 0 Å². The average molecular weight is 329 g/mol. The highest BCUT2D eigenvalue weighted by Gasteiger charge is 1.90. The third-order valence-electron chi connectivity index (χ3n) is 3.35. The maximum atomic E-state index is 9.13. The number of aliphatic hydroxyl groups excluding tert-OH is 1. The smallest absolute Gasteiger partial charge is 0.0515 e. The molecular weight excluding hydrogens is 292 g/mol. The van der Waals surface area contributed by atoms with Gasteiger partial charge in [0.15, 0.2) is 0 Å². The second-order valence-corrected chi connectivity index (χ2v) is 5.84. The molecule has 1 unspecified atom stereocenters. The summed E-state index contributed by atoms with van der Waals surface area (Å²) in [6.45, 7) is 3.99. The summed E-state index contributed by atoms with van der Waals surface area (Å²) in [5, 5.41) is 9.13. The molecule has 0 aliphatic carbocycles. The van der Waals surface area contributed by atoms with Gasteiger partial charge in [0, 0.05) is 0 Å². The molecule has 0 spiro atoms.